The van der Waals surface area contributed by atoms with Gasteiger partial charge in [-0.05, 0) is 55.5 Å². The number of rotatable bonds is 11. The molecule has 0 saturated heterocycles. The summed E-state index contributed by atoms with van der Waals surface area (Å²) >= 11 is 0. The van der Waals surface area contributed by atoms with Crippen LogP contribution in [0.25, 0.3) is 0 Å². The Morgan fingerprint density at radius 2 is 1.40 bits per heavy atom. The number of nitrogens with zero attached hydrogens (tertiary/aromatic N) is 3. The Hall–Kier alpha value is -2.00. The Morgan fingerprint density at radius 3 is 1.80 bits per heavy atom. The van der Waals surface area contributed by atoms with E-state index in [-0.39, 0.29) is 6.04 Å². The van der Waals surface area contributed by atoms with Crippen LogP contribution >= 0.6 is 0 Å². The fourth-order valence-electron chi connectivity index (χ4n) is 3.77. The third-order valence-electron chi connectivity index (χ3n) is 5.09. The van der Waals surface area contributed by atoms with Gasteiger partial charge in [0, 0.05) is 52.7 Å². The molecule has 1 aromatic carbocycles. The monoisotopic (exact) mass is 411 g/mol. The fourth-order valence-corrected chi connectivity index (χ4v) is 3.77. The smallest absolute Gasteiger partial charge is 0.0561 e. The number of hydrogen-bond acceptors (Lipinski definition) is 3. The lowest BCUT2D eigenvalue weighted by atomic mass is 9.95. The summed E-state index contributed by atoms with van der Waals surface area (Å²) in [6, 6.07) is 9.34. The average molecular weight is 412 g/mol. The van der Waals surface area contributed by atoms with Gasteiger partial charge in [0.2, 0.25) is 0 Å². The minimum atomic E-state index is 0.274. The van der Waals surface area contributed by atoms with E-state index >= 15 is 0 Å². The molecule has 0 spiro atoms. The van der Waals surface area contributed by atoms with Gasteiger partial charge in [0.1, 0.15) is 0 Å². The Morgan fingerprint density at radius 1 is 0.867 bits per heavy atom. The molecule has 0 aliphatic rings. The molecule has 0 bridgehead atoms. The van der Waals surface area contributed by atoms with Crippen LogP contribution in [0.3, 0.4) is 0 Å². The lowest BCUT2D eigenvalue weighted by molar-refractivity contribution is 0.176. The van der Waals surface area contributed by atoms with Gasteiger partial charge < -0.3 is 9.80 Å². The predicted octanol–water partition coefficient (Wildman–Crippen LogP) is 6.38. The van der Waals surface area contributed by atoms with Crippen molar-refractivity contribution in [1.82, 2.24) is 9.80 Å². The molecule has 0 fully saturated rings. The summed E-state index contributed by atoms with van der Waals surface area (Å²) in [5.74, 6) is 1.24. The van der Waals surface area contributed by atoms with Crippen molar-refractivity contribution in [2.45, 2.75) is 47.6 Å². The van der Waals surface area contributed by atoms with E-state index in [1.807, 2.05) is 0 Å². The topological polar surface area (TPSA) is 9.72 Å². The van der Waals surface area contributed by atoms with Crippen LogP contribution in [0.4, 0.5) is 5.69 Å². The standard InChI is InChI=1S/C27H45N3/c1-11-12-25(28(7)8)16-13-23(6)27(30(19-21(2)3)20-22(4)5)24-14-17-26(18-15-24)29(9)10/h11-18,21-22,27H,19-20H2,1-10H3/b12-11-,23-13+,25-16+. The minimum absolute atomic E-state index is 0.274. The molecule has 168 valence electrons. The van der Waals surface area contributed by atoms with Gasteiger partial charge in [-0.2, -0.15) is 0 Å². The highest BCUT2D eigenvalue weighted by Gasteiger charge is 2.23. The van der Waals surface area contributed by atoms with Gasteiger partial charge in [0.05, 0.1) is 6.04 Å². The second-order valence-electron chi connectivity index (χ2n) is 9.53. The van der Waals surface area contributed by atoms with Crippen LogP contribution in [0.1, 0.15) is 53.1 Å². The maximum Gasteiger partial charge on any atom is 0.0561 e. The van der Waals surface area contributed by atoms with E-state index in [9.17, 15) is 0 Å². The summed E-state index contributed by atoms with van der Waals surface area (Å²) in [7, 11) is 8.37. The lowest BCUT2D eigenvalue weighted by Gasteiger charge is -2.35. The largest absolute Gasteiger partial charge is 0.378 e. The van der Waals surface area contributed by atoms with Crippen molar-refractivity contribution in [3.63, 3.8) is 0 Å². The van der Waals surface area contributed by atoms with Crippen molar-refractivity contribution in [3.05, 3.63) is 65.4 Å². The van der Waals surface area contributed by atoms with E-state index in [1.165, 1.54) is 22.5 Å². The number of benzene rings is 1. The molecule has 0 N–H and O–H groups in total. The Kier molecular flexibility index (Phi) is 11.0. The number of hydrogen-bond donors (Lipinski definition) is 0. The van der Waals surface area contributed by atoms with Crippen molar-refractivity contribution >= 4 is 5.69 Å². The van der Waals surface area contributed by atoms with Gasteiger partial charge in [-0.3, -0.25) is 4.90 Å². The zero-order chi connectivity index (χ0) is 22.8. The van der Waals surface area contributed by atoms with E-state index in [0.717, 1.165) is 13.1 Å². The zero-order valence-corrected chi connectivity index (χ0v) is 21.1. The molecule has 0 radical (unpaired) electrons. The van der Waals surface area contributed by atoms with Crippen molar-refractivity contribution in [2.24, 2.45) is 11.8 Å². The first-order valence-corrected chi connectivity index (χ1v) is 11.3. The molecule has 30 heavy (non-hydrogen) atoms. The van der Waals surface area contributed by atoms with Crippen LogP contribution in [0, 0.1) is 11.8 Å². The normalized spacial score (nSPS) is 14.3. The number of allylic oxidation sites excluding steroid dienone is 4. The second-order valence-corrected chi connectivity index (χ2v) is 9.53. The quantitative estimate of drug-likeness (QED) is 0.391. The SMILES string of the molecule is C\C=C/C(=C\C=C(/C)C(c1ccc(N(C)C)cc1)N(CC(C)C)CC(C)C)N(C)C. The highest BCUT2D eigenvalue weighted by molar-refractivity contribution is 5.47. The first-order valence-electron chi connectivity index (χ1n) is 11.3. The maximum atomic E-state index is 2.66. The predicted molar refractivity (Wildman–Crippen MR) is 135 cm³/mol. The molecule has 0 aromatic heterocycles. The van der Waals surface area contributed by atoms with Gasteiger partial charge in [0.15, 0.2) is 0 Å². The van der Waals surface area contributed by atoms with Gasteiger partial charge in [-0.25, -0.2) is 0 Å². The van der Waals surface area contributed by atoms with Gasteiger partial charge >= 0.3 is 0 Å². The Bertz CT molecular complexity index is 696. The van der Waals surface area contributed by atoms with Gasteiger partial charge in [-0.1, -0.05) is 57.6 Å². The summed E-state index contributed by atoms with van der Waals surface area (Å²) in [6.45, 7) is 15.8. The second kappa shape index (κ2) is 12.6. The minimum Gasteiger partial charge on any atom is -0.378 e. The van der Waals surface area contributed by atoms with Crippen LogP contribution in [0.5, 0.6) is 0 Å². The van der Waals surface area contributed by atoms with E-state index in [2.05, 4.69) is 133 Å². The van der Waals surface area contributed by atoms with Crippen LogP contribution in [-0.2, 0) is 0 Å². The highest BCUT2D eigenvalue weighted by atomic mass is 15.2. The Balaban J connectivity index is 3.46. The molecule has 0 amide bonds. The maximum absolute atomic E-state index is 2.66. The molecule has 0 saturated carbocycles. The summed E-state index contributed by atoms with van der Waals surface area (Å²) in [6.07, 6.45) is 8.79. The molecule has 0 aliphatic heterocycles. The van der Waals surface area contributed by atoms with Crippen molar-refractivity contribution in [1.29, 1.82) is 0 Å². The van der Waals surface area contributed by atoms with Crippen LogP contribution in [0.15, 0.2) is 59.8 Å². The summed E-state index contributed by atoms with van der Waals surface area (Å²) in [5.41, 5.74) is 5.18. The summed E-state index contributed by atoms with van der Waals surface area (Å²) in [4.78, 5) is 6.97. The van der Waals surface area contributed by atoms with E-state index in [4.69, 9.17) is 0 Å². The van der Waals surface area contributed by atoms with E-state index in [0.29, 0.717) is 11.8 Å². The first kappa shape index (κ1) is 26.0. The van der Waals surface area contributed by atoms with Crippen molar-refractivity contribution in [2.75, 3.05) is 46.2 Å². The molecule has 1 aromatic rings. The molecular formula is C27H45N3. The molecule has 1 unspecified atom stereocenters. The van der Waals surface area contributed by atoms with Crippen LogP contribution in [-0.4, -0.2) is 51.1 Å². The third-order valence-corrected chi connectivity index (χ3v) is 5.09. The first-order chi connectivity index (χ1) is 14.1. The van der Waals surface area contributed by atoms with Gasteiger partial charge in [0.25, 0.3) is 0 Å². The molecule has 0 aliphatic carbocycles. The van der Waals surface area contributed by atoms with Crippen LogP contribution < -0.4 is 4.90 Å². The summed E-state index contributed by atoms with van der Waals surface area (Å²) in [5, 5.41) is 0. The number of anilines is 1. The highest BCUT2D eigenvalue weighted by Crippen LogP contribution is 2.31. The fraction of sp³-hybridized carbons (Fsp3) is 0.556. The number of likely N-dealkylation sites (N-methyl/N-ethyl adjacent to an activating group) is 1. The molecule has 3 nitrogen and oxygen atoms in total. The molecule has 1 atom stereocenters. The van der Waals surface area contributed by atoms with Crippen LogP contribution in [0.2, 0.25) is 0 Å². The average Bonchev–Trinajstić information content (AvgIpc) is 2.64. The lowest BCUT2D eigenvalue weighted by Crippen LogP contribution is -2.35. The van der Waals surface area contributed by atoms with Crippen molar-refractivity contribution in [3.8, 4) is 0 Å². The molecule has 1 rings (SSSR count). The summed E-state index contributed by atoms with van der Waals surface area (Å²) < 4.78 is 0. The molecule has 3 heteroatoms. The van der Waals surface area contributed by atoms with Crippen molar-refractivity contribution < 1.29 is 0 Å². The molecule has 0 heterocycles. The van der Waals surface area contributed by atoms with Gasteiger partial charge in [-0.15, -0.1) is 0 Å². The van der Waals surface area contributed by atoms with E-state index in [1.54, 1.807) is 0 Å². The molecular weight excluding hydrogens is 366 g/mol. The zero-order valence-electron chi connectivity index (χ0n) is 21.1. The van der Waals surface area contributed by atoms with E-state index < -0.39 is 0 Å². The third kappa shape index (κ3) is 8.39. The Labute approximate surface area is 186 Å².